The maximum absolute atomic E-state index is 8.98. The molecule has 1 saturated heterocycles. The molecule has 0 unspecified atom stereocenters. The highest BCUT2D eigenvalue weighted by molar-refractivity contribution is 5.28. The summed E-state index contributed by atoms with van der Waals surface area (Å²) >= 11 is 0. The van der Waals surface area contributed by atoms with Crippen LogP contribution in [0.3, 0.4) is 0 Å². The molecular formula is C15H19N5. The predicted molar refractivity (Wildman–Crippen MR) is 76.0 cm³/mol. The Morgan fingerprint density at radius 2 is 2.25 bits per heavy atom. The molecular weight excluding hydrogens is 250 g/mol. The van der Waals surface area contributed by atoms with Crippen LogP contribution in [0.15, 0.2) is 24.5 Å². The number of H-pyrrole nitrogens is 1. The zero-order chi connectivity index (χ0) is 13.9. The molecule has 3 rings (SSSR count). The Kier molecular flexibility index (Phi) is 3.57. The number of aromatic nitrogens is 3. The van der Waals surface area contributed by atoms with Gasteiger partial charge in [-0.3, -0.25) is 10.00 Å². The molecule has 104 valence electrons. The van der Waals surface area contributed by atoms with Crippen LogP contribution in [0.2, 0.25) is 0 Å². The van der Waals surface area contributed by atoms with E-state index in [1.54, 1.807) is 0 Å². The number of nitrogens with zero attached hydrogens (tertiary/aromatic N) is 4. The van der Waals surface area contributed by atoms with Gasteiger partial charge in [0.05, 0.1) is 0 Å². The van der Waals surface area contributed by atoms with Gasteiger partial charge in [0, 0.05) is 37.6 Å². The van der Waals surface area contributed by atoms with Crippen LogP contribution in [0.25, 0.3) is 0 Å². The average Bonchev–Trinajstić information content (AvgIpc) is 3.09. The third kappa shape index (κ3) is 2.61. The largest absolute Gasteiger partial charge is 0.342 e. The van der Waals surface area contributed by atoms with Gasteiger partial charge >= 0.3 is 0 Å². The topological polar surface area (TPSA) is 60.6 Å². The molecule has 0 bridgehead atoms. The summed E-state index contributed by atoms with van der Waals surface area (Å²) in [5, 5.41) is 16.1. The summed E-state index contributed by atoms with van der Waals surface area (Å²) in [5.74, 6) is 0.610. The van der Waals surface area contributed by atoms with Crippen LogP contribution in [0.4, 0.5) is 0 Å². The van der Waals surface area contributed by atoms with Crippen molar-refractivity contribution in [1.82, 2.24) is 19.7 Å². The first-order valence-electron chi connectivity index (χ1n) is 7.03. The van der Waals surface area contributed by atoms with Gasteiger partial charge in [0.2, 0.25) is 0 Å². The van der Waals surface area contributed by atoms with Crippen molar-refractivity contribution >= 4 is 0 Å². The summed E-state index contributed by atoms with van der Waals surface area (Å²) in [6.45, 7) is 3.13. The van der Waals surface area contributed by atoms with Gasteiger partial charge in [0.1, 0.15) is 11.8 Å². The van der Waals surface area contributed by atoms with Gasteiger partial charge in [-0.05, 0) is 43.6 Å². The monoisotopic (exact) mass is 269 g/mol. The normalized spacial score (nSPS) is 17.2. The Labute approximate surface area is 118 Å². The van der Waals surface area contributed by atoms with Crippen molar-refractivity contribution in [1.29, 1.82) is 5.26 Å². The number of rotatable bonds is 3. The second-order valence-corrected chi connectivity index (χ2v) is 5.52. The summed E-state index contributed by atoms with van der Waals surface area (Å²) < 4.78 is 1.90. The van der Waals surface area contributed by atoms with Gasteiger partial charge in [-0.15, -0.1) is 0 Å². The summed E-state index contributed by atoms with van der Waals surface area (Å²) in [5.41, 5.74) is 3.22. The quantitative estimate of drug-likeness (QED) is 0.927. The molecule has 5 heteroatoms. The van der Waals surface area contributed by atoms with Gasteiger partial charge < -0.3 is 4.57 Å². The minimum absolute atomic E-state index is 0.610. The van der Waals surface area contributed by atoms with Gasteiger partial charge in [-0.1, -0.05) is 0 Å². The molecule has 0 atom stereocenters. The second-order valence-electron chi connectivity index (χ2n) is 5.52. The molecule has 0 aromatic carbocycles. The van der Waals surface area contributed by atoms with E-state index in [0.29, 0.717) is 5.92 Å². The molecule has 0 saturated carbocycles. The number of hydrogen-bond acceptors (Lipinski definition) is 3. The fraction of sp³-hybridized carbons (Fsp3) is 0.467. The summed E-state index contributed by atoms with van der Waals surface area (Å²) in [6.07, 6.45) is 6.22. The highest BCUT2D eigenvalue weighted by Gasteiger charge is 2.21. The van der Waals surface area contributed by atoms with E-state index in [9.17, 15) is 0 Å². The van der Waals surface area contributed by atoms with Crippen molar-refractivity contribution in [2.24, 2.45) is 7.05 Å². The lowest BCUT2D eigenvalue weighted by molar-refractivity contribution is 0.203. The van der Waals surface area contributed by atoms with Crippen LogP contribution in [-0.2, 0) is 13.6 Å². The first-order chi connectivity index (χ1) is 9.76. The van der Waals surface area contributed by atoms with E-state index in [0.717, 1.165) is 25.3 Å². The first-order valence-corrected chi connectivity index (χ1v) is 7.03. The fourth-order valence-electron chi connectivity index (χ4n) is 2.98. The van der Waals surface area contributed by atoms with E-state index in [1.807, 2.05) is 23.9 Å². The number of nitriles is 1. The van der Waals surface area contributed by atoms with Crippen molar-refractivity contribution in [3.8, 4) is 6.07 Å². The Bertz CT molecular complexity index is 597. The maximum Gasteiger partial charge on any atom is 0.120 e. The van der Waals surface area contributed by atoms with Crippen LogP contribution >= 0.6 is 0 Å². The molecule has 0 aliphatic carbocycles. The number of hydrogen-bond donors (Lipinski definition) is 1. The molecule has 1 aliphatic heterocycles. The third-order valence-electron chi connectivity index (χ3n) is 4.13. The van der Waals surface area contributed by atoms with E-state index in [4.69, 9.17) is 5.26 Å². The zero-order valence-corrected chi connectivity index (χ0v) is 11.7. The molecule has 0 amide bonds. The Hall–Kier alpha value is -2.06. The number of aryl methyl sites for hydroxylation is 1. The molecule has 20 heavy (non-hydrogen) atoms. The van der Waals surface area contributed by atoms with Crippen molar-refractivity contribution in [2.45, 2.75) is 25.3 Å². The van der Waals surface area contributed by atoms with Crippen molar-refractivity contribution < 1.29 is 0 Å². The maximum atomic E-state index is 8.98. The average molecular weight is 269 g/mol. The van der Waals surface area contributed by atoms with E-state index in [2.05, 4.69) is 33.4 Å². The van der Waals surface area contributed by atoms with Crippen LogP contribution < -0.4 is 0 Å². The highest BCUT2D eigenvalue weighted by Crippen LogP contribution is 2.27. The molecule has 0 radical (unpaired) electrons. The third-order valence-corrected chi connectivity index (χ3v) is 4.13. The van der Waals surface area contributed by atoms with E-state index in [-0.39, 0.29) is 0 Å². The van der Waals surface area contributed by atoms with Crippen LogP contribution in [0.1, 0.15) is 35.7 Å². The van der Waals surface area contributed by atoms with Crippen LogP contribution in [0.5, 0.6) is 0 Å². The lowest BCUT2D eigenvalue weighted by atomic mass is 9.93. The van der Waals surface area contributed by atoms with Crippen molar-refractivity contribution in [3.63, 3.8) is 0 Å². The SMILES string of the molecule is Cn1cc(CN2CCC(c3ccn[nH]3)CC2)cc1C#N. The zero-order valence-electron chi connectivity index (χ0n) is 11.7. The first kappa shape index (κ1) is 12.9. The van der Waals surface area contributed by atoms with Gasteiger partial charge in [-0.2, -0.15) is 10.4 Å². The number of likely N-dealkylation sites (tertiary alicyclic amines) is 1. The van der Waals surface area contributed by atoms with Crippen LogP contribution in [-0.4, -0.2) is 32.8 Å². The highest BCUT2D eigenvalue weighted by atomic mass is 15.1. The Morgan fingerprint density at radius 3 is 2.85 bits per heavy atom. The fourth-order valence-corrected chi connectivity index (χ4v) is 2.98. The molecule has 2 aromatic rings. The summed E-state index contributed by atoms with van der Waals surface area (Å²) in [6, 6.07) is 6.28. The Morgan fingerprint density at radius 1 is 1.45 bits per heavy atom. The molecule has 1 fully saturated rings. The van der Waals surface area contributed by atoms with Crippen LogP contribution in [0, 0.1) is 11.3 Å². The van der Waals surface area contributed by atoms with Gasteiger partial charge in [0.25, 0.3) is 0 Å². The van der Waals surface area contributed by atoms with E-state index >= 15 is 0 Å². The van der Waals surface area contributed by atoms with Gasteiger partial charge in [-0.25, -0.2) is 0 Å². The second kappa shape index (κ2) is 5.51. The summed E-state index contributed by atoms with van der Waals surface area (Å²) in [7, 11) is 1.92. The van der Waals surface area contributed by atoms with Crippen molar-refractivity contribution in [3.05, 3.63) is 41.5 Å². The molecule has 5 nitrogen and oxygen atoms in total. The standard InChI is InChI=1S/C15H19N5/c1-19-10-12(8-14(19)9-16)11-20-6-3-13(4-7-20)15-2-5-17-18-15/h2,5,8,10,13H,3-4,6-7,11H2,1H3,(H,17,18). The number of aromatic amines is 1. The number of nitrogens with one attached hydrogen (secondary N) is 1. The summed E-state index contributed by atoms with van der Waals surface area (Å²) in [4.78, 5) is 2.46. The van der Waals surface area contributed by atoms with Crippen molar-refractivity contribution in [2.75, 3.05) is 13.1 Å². The Balaban J connectivity index is 1.57. The van der Waals surface area contributed by atoms with E-state index in [1.165, 1.54) is 24.1 Å². The molecule has 1 aliphatic rings. The predicted octanol–water partition coefficient (Wildman–Crippen LogP) is 2.00. The molecule has 3 heterocycles. The lowest BCUT2D eigenvalue weighted by Gasteiger charge is -2.31. The molecule has 0 spiro atoms. The minimum atomic E-state index is 0.610. The molecule has 2 aromatic heterocycles. The lowest BCUT2D eigenvalue weighted by Crippen LogP contribution is -2.32. The van der Waals surface area contributed by atoms with E-state index < -0.39 is 0 Å². The minimum Gasteiger partial charge on any atom is -0.342 e. The molecule has 1 N–H and O–H groups in total. The number of piperidine rings is 1. The van der Waals surface area contributed by atoms with Gasteiger partial charge in [0.15, 0.2) is 0 Å². The smallest absolute Gasteiger partial charge is 0.120 e.